The molecule has 0 fully saturated rings. The second-order valence-corrected chi connectivity index (χ2v) is 2.27. The van der Waals surface area contributed by atoms with E-state index in [1.54, 1.807) is 0 Å². The Hall–Kier alpha value is -0.900. The maximum absolute atomic E-state index is 12.2. The third kappa shape index (κ3) is 2.31. The maximum Gasteiger partial charge on any atom is 0.328 e. The van der Waals surface area contributed by atoms with Crippen molar-refractivity contribution in [1.29, 1.82) is 0 Å². The van der Waals surface area contributed by atoms with E-state index in [4.69, 9.17) is 5.73 Å². The zero-order valence-corrected chi connectivity index (χ0v) is 6.47. The van der Waals surface area contributed by atoms with Gasteiger partial charge in [-0.1, -0.05) is 6.08 Å². The summed E-state index contributed by atoms with van der Waals surface area (Å²) in [5, 5.41) is 0. The summed E-state index contributed by atoms with van der Waals surface area (Å²) < 4.78 is 16.5. The average molecular weight is 161 g/mol. The van der Waals surface area contributed by atoms with Crippen LogP contribution in [0.5, 0.6) is 0 Å². The molecule has 0 radical (unpaired) electrons. The Balaban J connectivity index is 4.31. The third-order valence-electron chi connectivity index (χ3n) is 1.34. The quantitative estimate of drug-likeness (QED) is 0.479. The summed E-state index contributed by atoms with van der Waals surface area (Å²) in [5.74, 6) is -0.750. The molecule has 0 aromatic heterocycles. The predicted molar refractivity (Wildman–Crippen MR) is 39.7 cm³/mol. The van der Waals surface area contributed by atoms with Crippen LogP contribution in [-0.2, 0) is 9.53 Å². The van der Waals surface area contributed by atoms with Crippen molar-refractivity contribution >= 4 is 5.97 Å². The zero-order chi connectivity index (χ0) is 8.91. The second-order valence-electron chi connectivity index (χ2n) is 2.27. The molecule has 2 N–H and O–H groups in total. The van der Waals surface area contributed by atoms with Gasteiger partial charge < -0.3 is 10.5 Å². The van der Waals surface area contributed by atoms with Crippen molar-refractivity contribution < 1.29 is 13.9 Å². The summed E-state index contributed by atoms with van der Waals surface area (Å²) in [6.45, 7) is 2.42. The van der Waals surface area contributed by atoms with E-state index in [0.29, 0.717) is 0 Å². The third-order valence-corrected chi connectivity index (χ3v) is 1.34. The Morgan fingerprint density at radius 3 is 2.73 bits per heavy atom. The number of halogens is 1. The highest BCUT2D eigenvalue weighted by Crippen LogP contribution is 2.09. The second kappa shape index (κ2) is 4.08. The number of ether oxygens (including phenoxy) is 1. The van der Waals surface area contributed by atoms with E-state index in [1.807, 2.05) is 0 Å². The fourth-order valence-corrected chi connectivity index (χ4v) is 0.653. The molecule has 0 heterocycles. The number of carbonyl (C=O) groups is 1. The topological polar surface area (TPSA) is 52.3 Å². The van der Waals surface area contributed by atoms with Crippen LogP contribution in [0.2, 0.25) is 0 Å². The van der Waals surface area contributed by atoms with Gasteiger partial charge in [-0.3, -0.25) is 0 Å². The van der Waals surface area contributed by atoms with Crippen LogP contribution in [0.4, 0.5) is 4.39 Å². The lowest BCUT2D eigenvalue weighted by atomic mass is 9.99. The van der Waals surface area contributed by atoms with Crippen LogP contribution in [-0.4, -0.2) is 25.3 Å². The summed E-state index contributed by atoms with van der Waals surface area (Å²) in [4.78, 5) is 10.8. The van der Waals surface area contributed by atoms with Crippen molar-refractivity contribution in [3.05, 3.63) is 12.7 Å². The van der Waals surface area contributed by atoms with Gasteiger partial charge in [0.15, 0.2) is 0 Å². The van der Waals surface area contributed by atoms with Crippen LogP contribution in [0.1, 0.15) is 6.42 Å². The van der Waals surface area contributed by atoms with Gasteiger partial charge in [0.2, 0.25) is 0 Å². The van der Waals surface area contributed by atoms with E-state index in [1.165, 1.54) is 13.2 Å². The molecule has 0 aliphatic heterocycles. The number of hydrogen-bond acceptors (Lipinski definition) is 3. The molecule has 0 aliphatic carbocycles. The molecule has 11 heavy (non-hydrogen) atoms. The molecule has 0 aromatic rings. The lowest BCUT2D eigenvalue weighted by Gasteiger charge is -2.20. The molecule has 0 amide bonds. The lowest BCUT2D eigenvalue weighted by molar-refractivity contribution is -0.147. The highest BCUT2D eigenvalue weighted by atomic mass is 19.1. The van der Waals surface area contributed by atoms with Crippen LogP contribution in [0.25, 0.3) is 0 Å². The van der Waals surface area contributed by atoms with E-state index in [2.05, 4.69) is 11.3 Å². The fraction of sp³-hybridized carbons (Fsp3) is 0.571. The molecule has 0 bridgehead atoms. The highest BCUT2D eigenvalue weighted by molar-refractivity contribution is 5.80. The van der Waals surface area contributed by atoms with E-state index >= 15 is 0 Å². The molecule has 1 unspecified atom stereocenters. The van der Waals surface area contributed by atoms with Gasteiger partial charge in [-0.2, -0.15) is 0 Å². The molecule has 64 valence electrons. The number of alkyl halides is 1. The van der Waals surface area contributed by atoms with Crippen LogP contribution in [0.3, 0.4) is 0 Å². The number of methoxy groups -OCH3 is 1. The van der Waals surface area contributed by atoms with Gasteiger partial charge in [0, 0.05) is 0 Å². The Labute approximate surface area is 65.0 Å². The number of rotatable bonds is 4. The minimum atomic E-state index is -1.55. The highest BCUT2D eigenvalue weighted by Gasteiger charge is 2.33. The van der Waals surface area contributed by atoms with Crippen LogP contribution in [0, 0.1) is 0 Å². The molecular weight excluding hydrogens is 149 g/mol. The predicted octanol–water partition coefficient (Wildman–Crippen LogP) is 0.402. The summed E-state index contributed by atoms with van der Waals surface area (Å²) in [5.41, 5.74) is 3.80. The van der Waals surface area contributed by atoms with Crippen molar-refractivity contribution in [2.24, 2.45) is 5.73 Å². The monoisotopic (exact) mass is 161 g/mol. The standard InChI is InChI=1S/C7H12FNO2/c1-3-4-7(9,5-8)6(10)11-2/h3H,1,4-5,9H2,2H3. The average Bonchev–Trinajstić information content (AvgIpc) is 2.03. The Morgan fingerprint density at radius 2 is 2.45 bits per heavy atom. The van der Waals surface area contributed by atoms with Crippen LogP contribution in [0.15, 0.2) is 12.7 Å². The van der Waals surface area contributed by atoms with Gasteiger partial charge in [-0.15, -0.1) is 6.58 Å². The molecule has 0 saturated heterocycles. The molecule has 0 spiro atoms. The van der Waals surface area contributed by atoms with Crippen LogP contribution < -0.4 is 5.73 Å². The largest absolute Gasteiger partial charge is 0.468 e. The van der Waals surface area contributed by atoms with Crippen molar-refractivity contribution in [1.82, 2.24) is 0 Å². The zero-order valence-electron chi connectivity index (χ0n) is 6.47. The summed E-state index contributed by atoms with van der Waals surface area (Å²) in [6.07, 6.45) is 1.46. The van der Waals surface area contributed by atoms with Crippen molar-refractivity contribution in [3.63, 3.8) is 0 Å². The number of carbonyl (C=O) groups excluding carboxylic acids is 1. The molecule has 0 aliphatic rings. The first-order valence-corrected chi connectivity index (χ1v) is 3.15. The van der Waals surface area contributed by atoms with Gasteiger partial charge in [0.05, 0.1) is 7.11 Å². The molecular formula is C7H12FNO2. The summed E-state index contributed by atoms with van der Waals surface area (Å²) >= 11 is 0. The van der Waals surface area contributed by atoms with Crippen molar-refractivity contribution in [2.75, 3.05) is 13.8 Å². The molecule has 0 rings (SSSR count). The minimum absolute atomic E-state index is 0.0795. The molecule has 0 saturated carbocycles. The maximum atomic E-state index is 12.2. The van der Waals surface area contributed by atoms with Gasteiger partial charge in [-0.25, -0.2) is 9.18 Å². The first-order valence-electron chi connectivity index (χ1n) is 3.15. The van der Waals surface area contributed by atoms with Gasteiger partial charge in [0.25, 0.3) is 0 Å². The Morgan fingerprint density at radius 1 is 1.91 bits per heavy atom. The first-order chi connectivity index (χ1) is 5.10. The minimum Gasteiger partial charge on any atom is -0.468 e. The normalized spacial score (nSPS) is 15.2. The van der Waals surface area contributed by atoms with Gasteiger partial charge >= 0.3 is 5.97 Å². The Bertz CT molecular complexity index is 161. The number of hydrogen-bond donors (Lipinski definition) is 1. The molecule has 0 aromatic carbocycles. The van der Waals surface area contributed by atoms with E-state index in [0.717, 1.165) is 0 Å². The van der Waals surface area contributed by atoms with E-state index < -0.39 is 18.2 Å². The smallest absolute Gasteiger partial charge is 0.328 e. The first kappa shape index (κ1) is 10.1. The van der Waals surface area contributed by atoms with Gasteiger partial charge in [0.1, 0.15) is 12.2 Å². The molecule has 1 atom stereocenters. The van der Waals surface area contributed by atoms with Gasteiger partial charge in [-0.05, 0) is 6.42 Å². The number of nitrogens with two attached hydrogens (primary N) is 1. The lowest BCUT2D eigenvalue weighted by Crippen LogP contribution is -2.50. The molecule has 3 nitrogen and oxygen atoms in total. The van der Waals surface area contributed by atoms with E-state index in [9.17, 15) is 9.18 Å². The summed E-state index contributed by atoms with van der Waals surface area (Å²) in [6, 6.07) is 0. The SMILES string of the molecule is C=CCC(N)(CF)C(=O)OC. The van der Waals surface area contributed by atoms with Crippen LogP contribution >= 0.6 is 0 Å². The van der Waals surface area contributed by atoms with Crippen molar-refractivity contribution in [2.45, 2.75) is 12.0 Å². The number of esters is 1. The summed E-state index contributed by atoms with van der Waals surface area (Å²) in [7, 11) is 1.17. The van der Waals surface area contributed by atoms with Crippen molar-refractivity contribution in [3.8, 4) is 0 Å². The fourth-order valence-electron chi connectivity index (χ4n) is 0.653. The molecule has 4 heteroatoms. The Kier molecular flexibility index (Phi) is 3.74. The van der Waals surface area contributed by atoms with E-state index in [-0.39, 0.29) is 6.42 Å².